The minimum atomic E-state index is -0.157. The number of aromatic amines is 1. The van der Waals surface area contributed by atoms with Crippen LogP contribution in [0.1, 0.15) is 47.8 Å². The van der Waals surface area contributed by atoms with Gasteiger partial charge >= 0.3 is 0 Å². The fourth-order valence-corrected chi connectivity index (χ4v) is 3.94. The predicted octanol–water partition coefficient (Wildman–Crippen LogP) is 2.55. The number of methoxy groups -OCH3 is 1. The second kappa shape index (κ2) is 7.15. The number of likely N-dealkylation sites (N-methyl/N-ethyl adjacent to an activating group) is 1. The molecule has 1 saturated carbocycles. The van der Waals surface area contributed by atoms with Gasteiger partial charge in [0.2, 0.25) is 0 Å². The average molecular weight is 368 g/mol. The number of amides is 1. The van der Waals surface area contributed by atoms with Crippen LogP contribution in [0, 0.1) is 0 Å². The molecule has 2 heterocycles. The van der Waals surface area contributed by atoms with Gasteiger partial charge in [-0.2, -0.15) is 0 Å². The molecule has 0 radical (unpaired) electrons. The van der Waals surface area contributed by atoms with Crippen molar-refractivity contribution in [2.75, 3.05) is 27.3 Å². The fourth-order valence-electron chi connectivity index (χ4n) is 3.94. The van der Waals surface area contributed by atoms with Crippen LogP contribution < -0.4 is 5.56 Å². The Kier molecular flexibility index (Phi) is 4.70. The van der Waals surface area contributed by atoms with E-state index >= 15 is 0 Å². The molecule has 1 aromatic carbocycles. The quantitative estimate of drug-likeness (QED) is 0.751. The highest BCUT2D eigenvalue weighted by molar-refractivity contribution is 5.97. The summed E-state index contributed by atoms with van der Waals surface area (Å²) in [5, 5.41) is 0. The lowest BCUT2D eigenvalue weighted by atomic mass is 10.1. The van der Waals surface area contributed by atoms with Crippen molar-refractivity contribution in [3.63, 3.8) is 0 Å². The lowest BCUT2D eigenvalue weighted by Gasteiger charge is -2.17. The predicted molar refractivity (Wildman–Crippen MR) is 103 cm³/mol. The zero-order chi connectivity index (χ0) is 19.0. The van der Waals surface area contributed by atoms with Crippen LogP contribution in [0.3, 0.4) is 0 Å². The van der Waals surface area contributed by atoms with E-state index in [0.717, 1.165) is 24.2 Å². The number of hydrogen-bond acceptors (Lipinski definition) is 4. The van der Waals surface area contributed by atoms with E-state index in [4.69, 9.17) is 4.74 Å². The van der Waals surface area contributed by atoms with Crippen LogP contribution in [0.2, 0.25) is 0 Å². The smallest absolute Gasteiger partial charge is 0.274 e. The molecular formula is C20H24N4O3. The minimum absolute atomic E-state index is 0.0733. The molecule has 0 bridgehead atoms. The highest BCUT2D eigenvalue weighted by Gasteiger charge is 2.23. The van der Waals surface area contributed by atoms with Crippen LogP contribution in [-0.2, 0) is 4.74 Å². The molecule has 3 aromatic rings. The Balaban J connectivity index is 1.85. The molecule has 1 N–H and O–H groups in total. The van der Waals surface area contributed by atoms with Crippen molar-refractivity contribution >= 4 is 22.5 Å². The lowest BCUT2D eigenvalue weighted by molar-refractivity contribution is 0.0744. The second-order valence-electron chi connectivity index (χ2n) is 7.22. The number of rotatable bonds is 5. The molecule has 1 aliphatic rings. The first-order valence-corrected chi connectivity index (χ1v) is 9.38. The Morgan fingerprint density at radius 2 is 2.11 bits per heavy atom. The number of hydrogen-bond donors (Lipinski definition) is 1. The number of aromatic nitrogens is 3. The molecule has 27 heavy (non-hydrogen) atoms. The summed E-state index contributed by atoms with van der Waals surface area (Å²) in [7, 11) is 3.38. The van der Waals surface area contributed by atoms with Crippen LogP contribution in [0.15, 0.2) is 29.2 Å². The molecule has 0 aliphatic heterocycles. The van der Waals surface area contributed by atoms with Gasteiger partial charge in [0.15, 0.2) is 0 Å². The zero-order valence-corrected chi connectivity index (χ0v) is 15.7. The van der Waals surface area contributed by atoms with Crippen molar-refractivity contribution in [3.8, 4) is 0 Å². The summed E-state index contributed by atoms with van der Waals surface area (Å²) in [6.45, 7) is 1.01. The summed E-state index contributed by atoms with van der Waals surface area (Å²) in [6.07, 6.45) is 6.20. The first-order chi connectivity index (χ1) is 13.1. The minimum Gasteiger partial charge on any atom is -0.383 e. The Morgan fingerprint density at radius 3 is 2.85 bits per heavy atom. The van der Waals surface area contributed by atoms with Gasteiger partial charge in [-0.1, -0.05) is 12.8 Å². The number of carbonyl (C=O) groups excluding carboxylic acids is 1. The molecule has 0 spiro atoms. The highest BCUT2D eigenvalue weighted by atomic mass is 16.5. The topological polar surface area (TPSA) is 79.7 Å². The Morgan fingerprint density at radius 1 is 1.33 bits per heavy atom. The highest BCUT2D eigenvalue weighted by Crippen LogP contribution is 2.34. The zero-order valence-electron chi connectivity index (χ0n) is 15.7. The summed E-state index contributed by atoms with van der Waals surface area (Å²) < 4.78 is 7.00. The van der Waals surface area contributed by atoms with Gasteiger partial charge in [-0.25, -0.2) is 4.98 Å². The maximum Gasteiger partial charge on any atom is 0.274 e. The van der Waals surface area contributed by atoms with E-state index in [2.05, 4.69) is 9.97 Å². The summed E-state index contributed by atoms with van der Waals surface area (Å²) in [6, 6.07) is 5.40. The van der Waals surface area contributed by atoms with Crippen molar-refractivity contribution < 1.29 is 9.53 Å². The van der Waals surface area contributed by atoms with Crippen molar-refractivity contribution in [1.82, 2.24) is 19.3 Å². The number of nitrogens with one attached hydrogen (secondary N) is 1. The third-order valence-electron chi connectivity index (χ3n) is 5.45. The number of imidazole rings is 1. The normalized spacial score (nSPS) is 15.0. The average Bonchev–Trinajstić information content (AvgIpc) is 3.35. The fraction of sp³-hybridized carbons (Fsp3) is 0.450. The van der Waals surface area contributed by atoms with Gasteiger partial charge in [-0.05, 0) is 31.0 Å². The van der Waals surface area contributed by atoms with Gasteiger partial charge in [0.1, 0.15) is 11.3 Å². The molecule has 0 unspecified atom stereocenters. The molecule has 7 heteroatoms. The first kappa shape index (κ1) is 17.7. The number of benzene rings is 1. The van der Waals surface area contributed by atoms with Crippen molar-refractivity contribution in [2.24, 2.45) is 0 Å². The third-order valence-corrected chi connectivity index (χ3v) is 5.45. The number of carbonyl (C=O) groups is 1. The molecular weight excluding hydrogens is 344 g/mol. The molecule has 2 aromatic heterocycles. The van der Waals surface area contributed by atoms with E-state index in [1.54, 1.807) is 37.4 Å². The summed E-state index contributed by atoms with van der Waals surface area (Å²) in [5.74, 6) is 1.22. The Labute approximate surface area is 157 Å². The summed E-state index contributed by atoms with van der Waals surface area (Å²) in [4.78, 5) is 34.3. The Hall–Kier alpha value is -2.67. The summed E-state index contributed by atoms with van der Waals surface area (Å²) in [5.41, 5.74) is 2.48. The monoisotopic (exact) mass is 368 g/mol. The molecule has 1 amide bonds. The van der Waals surface area contributed by atoms with Crippen molar-refractivity contribution in [1.29, 1.82) is 0 Å². The molecule has 0 saturated heterocycles. The van der Waals surface area contributed by atoms with E-state index in [1.165, 1.54) is 12.8 Å². The maximum absolute atomic E-state index is 12.8. The number of H-pyrrole nitrogens is 1. The number of ether oxygens (including phenoxy) is 1. The van der Waals surface area contributed by atoms with Crippen LogP contribution in [0.5, 0.6) is 0 Å². The molecule has 7 nitrogen and oxygen atoms in total. The van der Waals surface area contributed by atoms with Gasteiger partial charge < -0.3 is 14.6 Å². The third kappa shape index (κ3) is 3.12. The number of nitrogens with zero attached hydrogens (tertiary/aromatic N) is 3. The van der Waals surface area contributed by atoms with E-state index < -0.39 is 0 Å². The lowest BCUT2D eigenvalue weighted by Crippen LogP contribution is -2.30. The van der Waals surface area contributed by atoms with E-state index in [0.29, 0.717) is 35.7 Å². The van der Waals surface area contributed by atoms with E-state index in [1.807, 2.05) is 10.5 Å². The van der Waals surface area contributed by atoms with Gasteiger partial charge in [0.25, 0.3) is 11.5 Å². The molecule has 0 atom stereocenters. The van der Waals surface area contributed by atoms with Crippen LogP contribution in [0.4, 0.5) is 0 Å². The molecule has 142 valence electrons. The largest absolute Gasteiger partial charge is 0.383 e. The first-order valence-electron chi connectivity index (χ1n) is 9.38. The summed E-state index contributed by atoms with van der Waals surface area (Å²) >= 11 is 0. The SMILES string of the molecule is COCCN(C)C(=O)c1ccc2[nH]c(=O)c3cnc(C4CCCC4)n3c2c1. The second-order valence-corrected chi connectivity index (χ2v) is 7.22. The standard InChI is InChI=1S/C20H24N4O3/c1-23(9-10-27-2)20(26)14-7-8-15-16(11-14)24-17(19(25)22-15)12-21-18(24)13-5-3-4-6-13/h7-8,11-13H,3-6,9-10H2,1-2H3,(H,22,25). The van der Waals surface area contributed by atoms with Gasteiger partial charge in [-0.3, -0.25) is 14.0 Å². The van der Waals surface area contributed by atoms with Crippen LogP contribution >= 0.6 is 0 Å². The Bertz CT molecular complexity index is 1050. The van der Waals surface area contributed by atoms with Crippen molar-refractivity contribution in [2.45, 2.75) is 31.6 Å². The van der Waals surface area contributed by atoms with Crippen molar-refractivity contribution in [3.05, 3.63) is 46.1 Å². The van der Waals surface area contributed by atoms with Gasteiger partial charge in [0, 0.05) is 32.2 Å². The molecule has 1 aliphatic carbocycles. The van der Waals surface area contributed by atoms with Crippen LogP contribution in [0.25, 0.3) is 16.6 Å². The van der Waals surface area contributed by atoms with Crippen LogP contribution in [-0.4, -0.2) is 52.5 Å². The molecule has 4 rings (SSSR count). The van der Waals surface area contributed by atoms with E-state index in [-0.39, 0.29) is 11.5 Å². The van der Waals surface area contributed by atoms with E-state index in [9.17, 15) is 9.59 Å². The van der Waals surface area contributed by atoms with Gasteiger partial charge in [0.05, 0.1) is 23.8 Å². The molecule has 1 fully saturated rings. The van der Waals surface area contributed by atoms with Gasteiger partial charge in [-0.15, -0.1) is 0 Å². The number of fused-ring (bicyclic) bond motifs is 3. The maximum atomic E-state index is 12.8.